The Kier molecular flexibility index (Phi) is 5.04. The van der Waals surface area contributed by atoms with Crippen LogP contribution in [0, 0.1) is 0 Å². The molecule has 2 N–H and O–H groups in total. The van der Waals surface area contributed by atoms with Crippen molar-refractivity contribution in [3.63, 3.8) is 0 Å². The molecule has 0 aliphatic heterocycles. The molecule has 6 heteroatoms. The molecule has 0 aliphatic carbocycles. The Bertz CT molecular complexity index is 210. The van der Waals surface area contributed by atoms with Gasteiger partial charge in [0.2, 0.25) is 5.96 Å². The van der Waals surface area contributed by atoms with E-state index in [1.807, 2.05) is 22.9 Å². The number of halogens is 1. The fraction of sp³-hybridized carbons (Fsp3) is 0.714. The van der Waals surface area contributed by atoms with Gasteiger partial charge in [-0.15, -0.1) is 0 Å². The first kappa shape index (κ1) is 12.5. The molecule has 0 saturated heterocycles. The van der Waals surface area contributed by atoms with Gasteiger partial charge in [0.1, 0.15) is 5.60 Å². The molecule has 0 aromatic heterocycles. The van der Waals surface area contributed by atoms with Crippen LogP contribution >= 0.6 is 22.9 Å². The van der Waals surface area contributed by atoms with Crippen LogP contribution in [0.2, 0.25) is 0 Å². The van der Waals surface area contributed by atoms with E-state index >= 15 is 0 Å². The van der Waals surface area contributed by atoms with E-state index in [-0.39, 0.29) is 0 Å². The number of nitrogens with one attached hydrogen (secondary N) is 2. The summed E-state index contributed by atoms with van der Waals surface area (Å²) in [4.78, 5) is 14.9. The molecular weight excluding hydrogens is 285 g/mol. The topological polar surface area (TPSA) is 62.7 Å². The van der Waals surface area contributed by atoms with Gasteiger partial charge in [0.05, 0.1) is 22.9 Å². The lowest BCUT2D eigenvalue weighted by molar-refractivity contribution is 0.0562. The predicted molar refractivity (Wildman–Crippen MR) is 59.9 cm³/mol. The summed E-state index contributed by atoms with van der Waals surface area (Å²) in [5.74, 6) is 0.370. The number of hydrogen-bond donors (Lipinski definition) is 2. The molecule has 0 aliphatic rings. The number of ether oxygens (including phenoxy) is 1. The van der Waals surface area contributed by atoms with Crippen molar-refractivity contribution in [1.29, 1.82) is 0 Å². The summed E-state index contributed by atoms with van der Waals surface area (Å²) in [5.41, 5.74) is -0.492. The van der Waals surface area contributed by atoms with E-state index in [2.05, 4.69) is 13.8 Å². The Hall–Kier alpha value is -0.530. The smallest absolute Gasteiger partial charge is 0.414 e. The summed E-state index contributed by atoms with van der Waals surface area (Å²) in [6.45, 7) is 5.40. The Morgan fingerprint density at radius 1 is 1.46 bits per heavy atom. The summed E-state index contributed by atoms with van der Waals surface area (Å²) >= 11 is 1.87. The van der Waals surface area contributed by atoms with E-state index in [1.54, 1.807) is 27.8 Å². The maximum Gasteiger partial charge on any atom is 0.414 e. The second kappa shape index (κ2) is 5.25. The summed E-state index contributed by atoms with van der Waals surface area (Å²) in [5, 5.41) is 2.44. The molecular formula is C7H14IN3O2. The van der Waals surface area contributed by atoms with Crippen molar-refractivity contribution in [2.45, 2.75) is 26.4 Å². The highest BCUT2D eigenvalue weighted by Gasteiger charge is 2.16. The lowest BCUT2D eigenvalue weighted by Crippen LogP contribution is -2.40. The van der Waals surface area contributed by atoms with E-state index in [4.69, 9.17) is 4.74 Å². The lowest BCUT2D eigenvalue weighted by Gasteiger charge is -2.19. The fourth-order valence-electron chi connectivity index (χ4n) is 0.522. The highest BCUT2D eigenvalue weighted by Crippen LogP contribution is 2.06. The van der Waals surface area contributed by atoms with Crippen molar-refractivity contribution in [1.82, 2.24) is 8.85 Å². The van der Waals surface area contributed by atoms with Gasteiger partial charge in [0.25, 0.3) is 0 Å². The first-order valence-electron chi connectivity index (χ1n) is 3.72. The molecule has 0 aromatic carbocycles. The number of alkyl carbamates (subject to hydrolysis) is 1. The standard InChI is InChI=1S/C7H14IN3O2/c1-7(2,3)13-6(12)10-5(9-4)11-8/h1-4H3,(H2,9,10,11,12). The van der Waals surface area contributed by atoms with Gasteiger partial charge < -0.3 is 4.74 Å². The number of nitrogens with zero attached hydrogens (tertiary/aromatic N) is 1. The molecule has 0 unspecified atom stereocenters. The number of guanidine groups is 1. The number of aliphatic imine (C=N–C) groups is 1. The Morgan fingerprint density at radius 3 is 2.31 bits per heavy atom. The van der Waals surface area contributed by atoms with Crippen LogP contribution in [0.15, 0.2) is 4.99 Å². The van der Waals surface area contributed by atoms with Crippen LogP contribution in [0.5, 0.6) is 0 Å². The van der Waals surface area contributed by atoms with Crippen LogP contribution < -0.4 is 8.85 Å². The van der Waals surface area contributed by atoms with Gasteiger partial charge in [0, 0.05) is 7.05 Å². The second-order valence-electron chi connectivity index (χ2n) is 3.29. The van der Waals surface area contributed by atoms with E-state index in [0.29, 0.717) is 5.96 Å². The summed E-state index contributed by atoms with van der Waals surface area (Å²) in [6.07, 6.45) is -0.516. The second-order valence-corrected chi connectivity index (χ2v) is 3.83. The minimum absolute atomic E-state index is 0.370. The van der Waals surface area contributed by atoms with Gasteiger partial charge in [-0.25, -0.2) is 4.79 Å². The van der Waals surface area contributed by atoms with Gasteiger partial charge in [0.15, 0.2) is 0 Å². The van der Waals surface area contributed by atoms with Crippen molar-refractivity contribution >= 4 is 34.9 Å². The highest BCUT2D eigenvalue weighted by molar-refractivity contribution is 14.1. The third-order valence-corrected chi connectivity index (χ3v) is 1.44. The SMILES string of the molecule is CN=C(NI)NC(=O)OC(C)(C)C. The van der Waals surface area contributed by atoms with Crippen LogP contribution in [0.4, 0.5) is 4.79 Å². The average molecular weight is 299 g/mol. The molecule has 13 heavy (non-hydrogen) atoms. The molecule has 76 valence electrons. The molecule has 0 spiro atoms. The molecule has 0 saturated carbocycles. The van der Waals surface area contributed by atoms with Gasteiger partial charge in [-0.1, -0.05) is 0 Å². The van der Waals surface area contributed by atoms with Gasteiger partial charge in [-0.05, 0) is 20.8 Å². The average Bonchev–Trinajstić information content (AvgIpc) is 1.96. The van der Waals surface area contributed by atoms with Crippen molar-refractivity contribution in [2.24, 2.45) is 4.99 Å². The van der Waals surface area contributed by atoms with E-state index < -0.39 is 11.7 Å². The zero-order valence-corrected chi connectivity index (χ0v) is 10.3. The lowest BCUT2D eigenvalue weighted by atomic mass is 10.2. The minimum atomic E-state index is -0.516. The fourth-order valence-corrected chi connectivity index (χ4v) is 0.898. The number of carbonyl (C=O) groups is 1. The zero-order chi connectivity index (χ0) is 10.5. The van der Waals surface area contributed by atoms with Crippen LogP contribution in [-0.2, 0) is 4.74 Å². The molecule has 0 radical (unpaired) electrons. The Morgan fingerprint density at radius 2 is 2.00 bits per heavy atom. The maximum absolute atomic E-state index is 11.1. The summed E-state index contributed by atoms with van der Waals surface area (Å²) < 4.78 is 7.67. The highest BCUT2D eigenvalue weighted by atomic mass is 127. The molecule has 0 rings (SSSR count). The first-order valence-corrected chi connectivity index (χ1v) is 4.80. The van der Waals surface area contributed by atoms with Gasteiger partial charge >= 0.3 is 6.09 Å². The van der Waals surface area contributed by atoms with Crippen molar-refractivity contribution in [3.8, 4) is 0 Å². The van der Waals surface area contributed by atoms with Crippen LogP contribution in [0.3, 0.4) is 0 Å². The predicted octanol–water partition coefficient (Wildman–Crippen LogP) is 1.44. The minimum Gasteiger partial charge on any atom is -0.444 e. The quantitative estimate of drug-likeness (QED) is 0.308. The van der Waals surface area contributed by atoms with Crippen LogP contribution in [0.1, 0.15) is 20.8 Å². The van der Waals surface area contributed by atoms with E-state index in [9.17, 15) is 4.79 Å². The van der Waals surface area contributed by atoms with E-state index in [1.165, 1.54) is 0 Å². The molecule has 0 aromatic rings. The Balaban J connectivity index is 4.02. The number of rotatable bonds is 0. The first-order chi connectivity index (χ1) is 5.89. The maximum atomic E-state index is 11.1. The van der Waals surface area contributed by atoms with Crippen LogP contribution in [0.25, 0.3) is 0 Å². The van der Waals surface area contributed by atoms with Crippen molar-refractivity contribution < 1.29 is 9.53 Å². The largest absolute Gasteiger partial charge is 0.444 e. The molecule has 0 atom stereocenters. The van der Waals surface area contributed by atoms with Gasteiger partial charge in [-0.2, -0.15) is 0 Å². The number of amides is 1. The molecule has 0 heterocycles. The van der Waals surface area contributed by atoms with E-state index in [0.717, 1.165) is 0 Å². The monoisotopic (exact) mass is 299 g/mol. The zero-order valence-electron chi connectivity index (χ0n) is 8.14. The third-order valence-electron chi connectivity index (χ3n) is 0.932. The number of carbonyl (C=O) groups excluding carboxylic acids is 1. The van der Waals surface area contributed by atoms with Crippen molar-refractivity contribution in [2.75, 3.05) is 7.05 Å². The summed E-state index contributed by atoms with van der Waals surface area (Å²) in [7, 11) is 1.57. The normalized spacial score (nSPS) is 12.2. The Labute approximate surface area is 91.8 Å². The van der Waals surface area contributed by atoms with Gasteiger partial charge in [-0.3, -0.25) is 13.8 Å². The molecule has 0 bridgehead atoms. The third kappa shape index (κ3) is 6.62. The summed E-state index contributed by atoms with van der Waals surface area (Å²) in [6, 6.07) is 0. The molecule has 5 nitrogen and oxygen atoms in total. The van der Waals surface area contributed by atoms with Crippen LogP contribution in [-0.4, -0.2) is 24.7 Å². The van der Waals surface area contributed by atoms with Crippen molar-refractivity contribution in [3.05, 3.63) is 0 Å². The number of hydrogen-bond acceptors (Lipinski definition) is 3. The molecule has 0 fully saturated rings. The molecule has 1 amide bonds.